The van der Waals surface area contributed by atoms with Gasteiger partial charge in [0.15, 0.2) is 0 Å². The minimum absolute atomic E-state index is 0.0980. The second-order valence-corrected chi connectivity index (χ2v) is 5.33. The SMILES string of the molecule is CCCCOC(=O)c1ccc(NC(=O)Oc2ccc([N+](=O)[O-])cc2)cc1. The summed E-state index contributed by atoms with van der Waals surface area (Å²) in [6.07, 6.45) is 0.990. The number of carbonyl (C=O) groups excluding carboxylic acids is 2. The molecular formula is C18H18N2O6. The zero-order chi connectivity index (χ0) is 18.9. The highest BCUT2D eigenvalue weighted by atomic mass is 16.6. The quantitative estimate of drug-likeness (QED) is 0.344. The summed E-state index contributed by atoms with van der Waals surface area (Å²) in [6, 6.07) is 11.3. The summed E-state index contributed by atoms with van der Waals surface area (Å²) in [4.78, 5) is 33.7. The fourth-order valence-electron chi connectivity index (χ4n) is 1.97. The van der Waals surface area contributed by atoms with E-state index in [1.165, 1.54) is 36.4 Å². The number of ether oxygens (including phenoxy) is 2. The van der Waals surface area contributed by atoms with Crippen LogP contribution in [0, 0.1) is 10.1 Å². The van der Waals surface area contributed by atoms with Crippen LogP contribution in [-0.2, 0) is 4.74 Å². The van der Waals surface area contributed by atoms with Crippen LogP contribution in [0.5, 0.6) is 5.75 Å². The lowest BCUT2D eigenvalue weighted by Gasteiger charge is -2.08. The van der Waals surface area contributed by atoms with Crippen molar-refractivity contribution in [3.63, 3.8) is 0 Å². The molecule has 0 saturated carbocycles. The van der Waals surface area contributed by atoms with Gasteiger partial charge in [-0.25, -0.2) is 9.59 Å². The number of esters is 1. The Bertz CT molecular complexity index is 771. The molecule has 8 nitrogen and oxygen atoms in total. The molecule has 2 aromatic rings. The normalized spacial score (nSPS) is 10.0. The summed E-state index contributed by atoms with van der Waals surface area (Å²) in [5.41, 5.74) is 0.719. The summed E-state index contributed by atoms with van der Waals surface area (Å²) in [5, 5.41) is 13.1. The Labute approximate surface area is 149 Å². The molecule has 0 saturated heterocycles. The number of nitrogens with zero attached hydrogens (tertiary/aromatic N) is 1. The van der Waals surface area contributed by atoms with Crippen molar-refractivity contribution >= 4 is 23.4 Å². The van der Waals surface area contributed by atoms with Gasteiger partial charge in [0.05, 0.1) is 17.1 Å². The average molecular weight is 358 g/mol. The molecule has 0 bridgehead atoms. The molecule has 0 aromatic heterocycles. The van der Waals surface area contributed by atoms with Crippen LogP contribution in [0.25, 0.3) is 0 Å². The van der Waals surface area contributed by atoms with E-state index in [1.54, 1.807) is 12.1 Å². The highest BCUT2D eigenvalue weighted by molar-refractivity contribution is 5.91. The van der Waals surface area contributed by atoms with Gasteiger partial charge in [-0.15, -0.1) is 0 Å². The molecular weight excluding hydrogens is 340 g/mol. The molecule has 0 aliphatic heterocycles. The second-order valence-electron chi connectivity index (χ2n) is 5.33. The first-order valence-corrected chi connectivity index (χ1v) is 8.00. The number of nitrogens with one attached hydrogen (secondary N) is 1. The third-order valence-electron chi connectivity index (χ3n) is 3.36. The maximum Gasteiger partial charge on any atom is 0.417 e. The molecule has 2 rings (SSSR count). The largest absolute Gasteiger partial charge is 0.462 e. The van der Waals surface area contributed by atoms with Gasteiger partial charge in [-0.3, -0.25) is 15.4 Å². The Hall–Kier alpha value is -3.42. The first kappa shape index (κ1) is 18.9. The smallest absolute Gasteiger partial charge is 0.417 e. The van der Waals surface area contributed by atoms with E-state index < -0.39 is 17.0 Å². The molecule has 0 aliphatic rings. The van der Waals surface area contributed by atoms with E-state index in [1.807, 2.05) is 6.92 Å². The van der Waals surface area contributed by atoms with Crippen molar-refractivity contribution in [2.24, 2.45) is 0 Å². The predicted octanol–water partition coefficient (Wildman–Crippen LogP) is 4.16. The number of non-ortho nitro benzene ring substituents is 1. The number of unbranched alkanes of at least 4 members (excludes halogenated alkanes) is 1. The summed E-state index contributed by atoms with van der Waals surface area (Å²) in [5.74, 6) is -0.248. The minimum atomic E-state index is -0.753. The Morgan fingerprint density at radius 1 is 1.08 bits per heavy atom. The lowest BCUT2D eigenvalue weighted by molar-refractivity contribution is -0.384. The van der Waals surface area contributed by atoms with Gasteiger partial charge in [-0.2, -0.15) is 0 Å². The maximum atomic E-state index is 11.8. The highest BCUT2D eigenvalue weighted by Crippen LogP contribution is 2.18. The fraction of sp³-hybridized carbons (Fsp3) is 0.222. The molecule has 0 spiro atoms. The summed E-state index contributed by atoms with van der Waals surface area (Å²) in [6.45, 7) is 2.38. The van der Waals surface area contributed by atoms with Crippen molar-refractivity contribution in [1.82, 2.24) is 0 Å². The summed E-state index contributed by atoms with van der Waals surface area (Å²) >= 11 is 0. The van der Waals surface area contributed by atoms with Crippen LogP contribution in [0.2, 0.25) is 0 Å². The van der Waals surface area contributed by atoms with Gasteiger partial charge < -0.3 is 9.47 Å². The number of hydrogen-bond donors (Lipinski definition) is 1. The Balaban J connectivity index is 1.88. The van der Waals surface area contributed by atoms with Crippen molar-refractivity contribution in [3.05, 3.63) is 64.2 Å². The standard InChI is InChI=1S/C18H18N2O6/c1-2-3-12-25-17(21)13-4-6-14(7-5-13)19-18(22)26-16-10-8-15(9-11-16)20(23)24/h4-11H,2-3,12H2,1H3,(H,19,22). The van der Waals surface area contributed by atoms with Gasteiger partial charge in [-0.05, 0) is 42.8 Å². The van der Waals surface area contributed by atoms with Gasteiger partial charge >= 0.3 is 12.1 Å². The predicted molar refractivity (Wildman–Crippen MR) is 94.4 cm³/mol. The molecule has 26 heavy (non-hydrogen) atoms. The molecule has 1 amide bonds. The molecule has 0 heterocycles. The topological polar surface area (TPSA) is 108 Å². The number of rotatable bonds is 7. The third-order valence-corrected chi connectivity index (χ3v) is 3.36. The molecule has 0 radical (unpaired) electrons. The van der Waals surface area contributed by atoms with Crippen molar-refractivity contribution < 1.29 is 24.0 Å². The molecule has 136 valence electrons. The van der Waals surface area contributed by atoms with E-state index >= 15 is 0 Å². The minimum Gasteiger partial charge on any atom is -0.462 e. The van der Waals surface area contributed by atoms with Crippen molar-refractivity contribution in [2.45, 2.75) is 19.8 Å². The zero-order valence-corrected chi connectivity index (χ0v) is 14.1. The van der Waals surface area contributed by atoms with Gasteiger partial charge in [0.25, 0.3) is 5.69 Å². The molecule has 0 unspecified atom stereocenters. The fourth-order valence-corrected chi connectivity index (χ4v) is 1.97. The second kappa shape index (κ2) is 9.16. The number of nitro groups is 1. The lowest BCUT2D eigenvalue weighted by Crippen LogP contribution is -2.16. The number of benzene rings is 2. The molecule has 0 atom stereocenters. The van der Waals surface area contributed by atoms with E-state index in [9.17, 15) is 19.7 Å². The van der Waals surface area contributed by atoms with Crippen LogP contribution in [0.4, 0.5) is 16.2 Å². The zero-order valence-electron chi connectivity index (χ0n) is 14.1. The van der Waals surface area contributed by atoms with Crippen molar-refractivity contribution in [1.29, 1.82) is 0 Å². The molecule has 0 fully saturated rings. The van der Waals surface area contributed by atoms with Crippen LogP contribution in [-0.4, -0.2) is 23.6 Å². The summed E-state index contributed by atoms with van der Waals surface area (Å²) in [7, 11) is 0. The van der Waals surface area contributed by atoms with Gasteiger partial charge in [0, 0.05) is 17.8 Å². The average Bonchev–Trinajstić information content (AvgIpc) is 2.62. The Morgan fingerprint density at radius 3 is 2.31 bits per heavy atom. The van der Waals surface area contributed by atoms with Crippen LogP contribution >= 0.6 is 0 Å². The van der Waals surface area contributed by atoms with Gasteiger partial charge in [0.1, 0.15) is 5.75 Å². The molecule has 1 N–H and O–H groups in total. The highest BCUT2D eigenvalue weighted by Gasteiger charge is 2.10. The monoisotopic (exact) mass is 358 g/mol. The van der Waals surface area contributed by atoms with E-state index in [4.69, 9.17) is 9.47 Å². The molecule has 0 aliphatic carbocycles. The third kappa shape index (κ3) is 5.59. The van der Waals surface area contributed by atoms with Crippen LogP contribution in [0.15, 0.2) is 48.5 Å². The van der Waals surface area contributed by atoms with E-state index in [0.717, 1.165) is 12.8 Å². The van der Waals surface area contributed by atoms with E-state index in [0.29, 0.717) is 17.9 Å². The number of carbonyl (C=O) groups is 2. The van der Waals surface area contributed by atoms with Gasteiger partial charge in [0.2, 0.25) is 0 Å². The first-order chi connectivity index (χ1) is 12.5. The van der Waals surface area contributed by atoms with Crippen LogP contribution < -0.4 is 10.1 Å². The van der Waals surface area contributed by atoms with E-state index in [-0.39, 0.29) is 11.4 Å². The number of anilines is 1. The first-order valence-electron chi connectivity index (χ1n) is 8.00. The van der Waals surface area contributed by atoms with Crippen LogP contribution in [0.1, 0.15) is 30.1 Å². The van der Waals surface area contributed by atoms with Crippen LogP contribution in [0.3, 0.4) is 0 Å². The lowest BCUT2D eigenvalue weighted by atomic mass is 10.2. The van der Waals surface area contributed by atoms with Crippen molar-refractivity contribution in [2.75, 3.05) is 11.9 Å². The van der Waals surface area contributed by atoms with Gasteiger partial charge in [-0.1, -0.05) is 13.3 Å². The van der Waals surface area contributed by atoms with Crippen molar-refractivity contribution in [3.8, 4) is 5.75 Å². The molecule has 8 heteroatoms. The maximum absolute atomic E-state index is 11.8. The van der Waals surface area contributed by atoms with E-state index in [2.05, 4.69) is 5.32 Å². The number of hydrogen-bond acceptors (Lipinski definition) is 6. The molecule has 2 aromatic carbocycles. The number of amides is 1. The summed E-state index contributed by atoms with van der Waals surface area (Å²) < 4.78 is 10.1. The Morgan fingerprint density at radius 2 is 1.73 bits per heavy atom. The number of nitro benzene ring substituents is 1. The Kier molecular flexibility index (Phi) is 6.67.